The molecule has 0 bridgehead atoms. The smallest absolute Gasteiger partial charge is 0.229 e. The van der Waals surface area contributed by atoms with Crippen molar-refractivity contribution in [1.29, 1.82) is 0 Å². The van der Waals surface area contributed by atoms with Crippen molar-refractivity contribution < 1.29 is 4.74 Å². The van der Waals surface area contributed by atoms with E-state index in [1.807, 2.05) is 26.0 Å². The van der Waals surface area contributed by atoms with Crippen molar-refractivity contribution in [2.45, 2.75) is 33.6 Å². The number of nitrogens with zero attached hydrogens (tertiary/aromatic N) is 2. The summed E-state index contributed by atoms with van der Waals surface area (Å²) >= 11 is 6.14. The number of aryl methyl sites for hydroxylation is 2. The number of methoxy groups -OCH3 is 1. The van der Waals surface area contributed by atoms with Crippen molar-refractivity contribution >= 4 is 29.1 Å². The highest BCUT2D eigenvalue weighted by molar-refractivity contribution is 6.31. The Labute approximate surface area is 142 Å². The van der Waals surface area contributed by atoms with Crippen LogP contribution in [-0.2, 0) is 0 Å². The van der Waals surface area contributed by atoms with E-state index >= 15 is 0 Å². The molecular formula is C17H23ClN4O. The molecule has 2 N–H and O–H groups in total. The van der Waals surface area contributed by atoms with Gasteiger partial charge in [-0.15, -0.1) is 0 Å². The minimum Gasteiger partial charge on any atom is -0.495 e. The van der Waals surface area contributed by atoms with Gasteiger partial charge in [0, 0.05) is 29.4 Å². The third kappa shape index (κ3) is 4.73. The summed E-state index contributed by atoms with van der Waals surface area (Å²) in [5.74, 6) is 2.01. The summed E-state index contributed by atoms with van der Waals surface area (Å²) in [6, 6.07) is 5.65. The highest BCUT2D eigenvalue weighted by Crippen LogP contribution is 2.32. The lowest BCUT2D eigenvalue weighted by atomic mass is 10.2. The van der Waals surface area contributed by atoms with E-state index < -0.39 is 0 Å². The number of ether oxygens (including phenoxy) is 1. The second-order valence-electron chi connectivity index (χ2n) is 5.43. The molecule has 1 aromatic heterocycles. The van der Waals surface area contributed by atoms with E-state index in [1.54, 1.807) is 13.2 Å². The highest BCUT2D eigenvalue weighted by Gasteiger charge is 2.09. The number of rotatable bonds is 7. The molecule has 0 fully saturated rings. The molecule has 6 heteroatoms. The zero-order valence-electron chi connectivity index (χ0n) is 14.0. The quantitative estimate of drug-likeness (QED) is 0.718. The third-order valence-corrected chi connectivity index (χ3v) is 3.83. The van der Waals surface area contributed by atoms with Gasteiger partial charge >= 0.3 is 0 Å². The van der Waals surface area contributed by atoms with Crippen LogP contribution in [-0.4, -0.2) is 23.6 Å². The lowest BCUT2D eigenvalue weighted by molar-refractivity contribution is 0.416. The van der Waals surface area contributed by atoms with E-state index in [9.17, 15) is 0 Å². The minimum atomic E-state index is 0.532. The molecule has 5 nitrogen and oxygen atoms in total. The fourth-order valence-electron chi connectivity index (χ4n) is 2.16. The zero-order valence-corrected chi connectivity index (χ0v) is 14.8. The van der Waals surface area contributed by atoms with Gasteiger partial charge in [0.1, 0.15) is 11.6 Å². The first kappa shape index (κ1) is 17.3. The Morgan fingerprint density at radius 2 is 1.96 bits per heavy atom. The molecule has 1 heterocycles. The van der Waals surface area contributed by atoms with Gasteiger partial charge in [-0.3, -0.25) is 0 Å². The van der Waals surface area contributed by atoms with Crippen molar-refractivity contribution in [2.24, 2.45) is 0 Å². The van der Waals surface area contributed by atoms with Crippen LogP contribution in [0.2, 0.25) is 5.02 Å². The van der Waals surface area contributed by atoms with Gasteiger partial charge in [0.25, 0.3) is 0 Å². The van der Waals surface area contributed by atoms with E-state index in [4.69, 9.17) is 16.3 Å². The van der Waals surface area contributed by atoms with Gasteiger partial charge in [-0.05, 0) is 31.9 Å². The van der Waals surface area contributed by atoms with Gasteiger partial charge in [-0.1, -0.05) is 24.9 Å². The third-order valence-electron chi connectivity index (χ3n) is 3.42. The van der Waals surface area contributed by atoms with Crippen LogP contribution in [0.4, 0.5) is 17.5 Å². The first-order valence-electron chi connectivity index (χ1n) is 7.74. The molecule has 0 aliphatic rings. The number of benzene rings is 1. The normalized spacial score (nSPS) is 10.5. The predicted octanol–water partition coefficient (Wildman–Crippen LogP) is 4.71. The van der Waals surface area contributed by atoms with Crippen LogP contribution in [0.15, 0.2) is 18.2 Å². The van der Waals surface area contributed by atoms with Gasteiger partial charge in [-0.25, -0.2) is 4.98 Å². The first-order valence-corrected chi connectivity index (χ1v) is 8.12. The Morgan fingerprint density at radius 3 is 2.65 bits per heavy atom. The van der Waals surface area contributed by atoms with Crippen molar-refractivity contribution in [3.05, 3.63) is 34.5 Å². The average molecular weight is 335 g/mol. The van der Waals surface area contributed by atoms with Crippen molar-refractivity contribution in [3.63, 3.8) is 0 Å². The summed E-state index contributed by atoms with van der Waals surface area (Å²) in [6.45, 7) is 6.95. The van der Waals surface area contributed by atoms with Crippen LogP contribution in [0.5, 0.6) is 5.75 Å². The molecule has 1 aromatic carbocycles. The van der Waals surface area contributed by atoms with Crippen LogP contribution in [0.25, 0.3) is 0 Å². The van der Waals surface area contributed by atoms with Crippen molar-refractivity contribution in [1.82, 2.24) is 9.97 Å². The van der Waals surface area contributed by atoms with E-state index in [2.05, 4.69) is 27.5 Å². The van der Waals surface area contributed by atoms with Gasteiger partial charge in [0.2, 0.25) is 5.95 Å². The van der Waals surface area contributed by atoms with Crippen LogP contribution in [0.3, 0.4) is 0 Å². The van der Waals surface area contributed by atoms with Gasteiger partial charge in [-0.2, -0.15) is 4.98 Å². The fourth-order valence-corrected chi connectivity index (χ4v) is 2.31. The number of nitrogens with one attached hydrogen (secondary N) is 2. The molecule has 0 radical (unpaired) electrons. The molecule has 23 heavy (non-hydrogen) atoms. The standard InChI is InChI=1S/C17H23ClN4O/c1-5-6-7-19-16-9-12(3)20-17(22-16)21-14-8-11(2)13(18)10-15(14)23-4/h8-10H,5-7H2,1-4H3,(H2,19,20,21,22). The second kappa shape index (κ2) is 8.02. The molecule has 2 aromatic rings. The Kier molecular flexibility index (Phi) is 6.04. The second-order valence-corrected chi connectivity index (χ2v) is 5.83. The van der Waals surface area contributed by atoms with Gasteiger partial charge < -0.3 is 15.4 Å². The highest BCUT2D eigenvalue weighted by atomic mass is 35.5. The SMILES string of the molecule is CCCCNc1cc(C)nc(Nc2cc(C)c(Cl)cc2OC)n1. The molecule has 0 saturated heterocycles. The Bertz CT molecular complexity index is 676. The van der Waals surface area contributed by atoms with Crippen molar-refractivity contribution in [2.75, 3.05) is 24.3 Å². The molecule has 0 aliphatic heterocycles. The van der Waals surface area contributed by atoms with Crippen molar-refractivity contribution in [3.8, 4) is 5.75 Å². The molecule has 124 valence electrons. The summed E-state index contributed by atoms with van der Waals surface area (Å²) in [7, 11) is 1.61. The van der Waals surface area contributed by atoms with Crippen LogP contribution < -0.4 is 15.4 Å². The predicted molar refractivity (Wildman–Crippen MR) is 96.2 cm³/mol. The molecule has 0 atom stereocenters. The summed E-state index contributed by atoms with van der Waals surface area (Å²) in [4.78, 5) is 8.94. The molecule has 0 aliphatic carbocycles. The molecule has 0 unspecified atom stereocenters. The maximum atomic E-state index is 6.14. The zero-order chi connectivity index (χ0) is 16.8. The number of aromatic nitrogens is 2. The van der Waals surface area contributed by atoms with E-state index in [0.717, 1.165) is 42.1 Å². The number of unbranched alkanes of at least 4 members (excludes halogenated alkanes) is 1. The van der Waals surface area contributed by atoms with E-state index in [-0.39, 0.29) is 0 Å². The largest absolute Gasteiger partial charge is 0.495 e. The summed E-state index contributed by atoms with van der Waals surface area (Å²) in [5.41, 5.74) is 2.65. The first-order chi connectivity index (χ1) is 11.0. The average Bonchev–Trinajstić information content (AvgIpc) is 2.50. The fraction of sp³-hybridized carbons (Fsp3) is 0.412. The lowest BCUT2D eigenvalue weighted by Gasteiger charge is -2.13. The topological polar surface area (TPSA) is 59.1 Å². The number of halogens is 1. The van der Waals surface area contributed by atoms with Crippen LogP contribution in [0.1, 0.15) is 31.0 Å². The molecular weight excluding hydrogens is 312 g/mol. The Balaban J connectivity index is 2.24. The van der Waals surface area contributed by atoms with Gasteiger partial charge in [0.15, 0.2) is 0 Å². The maximum Gasteiger partial charge on any atom is 0.229 e. The summed E-state index contributed by atoms with van der Waals surface area (Å²) in [6.07, 6.45) is 2.25. The van der Waals surface area contributed by atoms with Crippen LogP contribution >= 0.6 is 11.6 Å². The minimum absolute atomic E-state index is 0.532. The van der Waals surface area contributed by atoms with Crippen LogP contribution in [0, 0.1) is 13.8 Å². The number of anilines is 3. The Morgan fingerprint density at radius 1 is 1.17 bits per heavy atom. The lowest BCUT2D eigenvalue weighted by Crippen LogP contribution is -2.07. The maximum absolute atomic E-state index is 6.14. The monoisotopic (exact) mass is 334 g/mol. The molecule has 0 saturated carbocycles. The molecule has 0 spiro atoms. The Hall–Kier alpha value is -2.01. The van der Waals surface area contributed by atoms with E-state index in [1.165, 1.54) is 0 Å². The molecule has 2 rings (SSSR count). The number of hydrogen-bond donors (Lipinski definition) is 2. The van der Waals surface area contributed by atoms with Gasteiger partial charge in [0.05, 0.1) is 12.8 Å². The molecule has 0 amide bonds. The summed E-state index contributed by atoms with van der Waals surface area (Å²) in [5, 5.41) is 7.20. The van der Waals surface area contributed by atoms with E-state index in [0.29, 0.717) is 16.7 Å². The summed E-state index contributed by atoms with van der Waals surface area (Å²) < 4.78 is 5.38. The number of hydrogen-bond acceptors (Lipinski definition) is 5.